The lowest BCUT2D eigenvalue weighted by molar-refractivity contribution is -0.124. The molecule has 4 N–H and O–H groups in total. The molecule has 5 nitrogen and oxygen atoms in total. The summed E-state index contributed by atoms with van der Waals surface area (Å²) in [7, 11) is 0. The number of primary amides is 1. The molecule has 0 aromatic heterocycles. The van der Waals surface area contributed by atoms with E-state index in [1.807, 2.05) is 6.92 Å². The van der Waals surface area contributed by atoms with Crippen LogP contribution in [0.5, 0.6) is 0 Å². The molecule has 2 aliphatic rings. The molecule has 6 heteroatoms. The topological polar surface area (TPSA) is 84.2 Å². The first-order valence-corrected chi connectivity index (χ1v) is 8.16. The van der Waals surface area contributed by atoms with E-state index in [2.05, 4.69) is 10.6 Å². The van der Waals surface area contributed by atoms with Crippen molar-refractivity contribution in [2.24, 2.45) is 11.7 Å². The molecule has 0 saturated heterocycles. The van der Waals surface area contributed by atoms with Gasteiger partial charge in [0.15, 0.2) is 0 Å². The minimum atomic E-state index is -0.626. The summed E-state index contributed by atoms with van der Waals surface area (Å²) in [4.78, 5) is 23.4. The number of likely N-dealkylation sites (N-methyl/N-ethyl adjacent to an activating group) is 1. The van der Waals surface area contributed by atoms with Crippen LogP contribution in [0, 0.1) is 5.92 Å². The van der Waals surface area contributed by atoms with Crippen molar-refractivity contribution in [3.63, 3.8) is 0 Å². The number of hydrogen-bond acceptors (Lipinski definition) is 4. The monoisotopic (exact) mass is 285 g/mol. The van der Waals surface area contributed by atoms with Crippen LogP contribution in [0.2, 0.25) is 0 Å². The molecule has 2 amide bonds. The van der Waals surface area contributed by atoms with Gasteiger partial charge in [0.2, 0.25) is 11.8 Å². The Morgan fingerprint density at radius 3 is 2.47 bits per heavy atom. The molecule has 0 bridgehead atoms. The van der Waals surface area contributed by atoms with Crippen LogP contribution in [0.15, 0.2) is 0 Å². The first kappa shape index (κ1) is 14.7. The van der Waals surface area contributed by atoms with E-state index in [-0.39, 0.29) is 11.8 Å². The van der Waals surface area contributed by atoms with Gasteiger partial charge in [0.05, 0.1) is 5.75 Å². The van der Waals surface area contributed by atoms with Crippen molar-refractivity contribution in [2.45, 2.75) is 44.2 Å². The van der Waals surface area contributed by atoms with Crippen molar-refractivity contribution in [1.82, 2.24) is 10.6 Å². The molecule has 0 aliphatic heterocycles. The normalized spacial score (nSPS) is 21.7. The Morgan fingerprint density at radius 2 is 2.00 bits per heavy atom. The largest absolute Gasteiger partial charge is 0.368 e. The summed E-state index contributed by atoms with van der Waals surface area (Å²) in [5.41, 5.74) is 4.97. The van der Waals surface area contributed by atoms with E-state index in [1.54, 1.807) is 0 Å². The molecule has 0 heterocycles. The zero-order valence-corrected chi connectivity index (χ0v) is 12.2. The molecule has 1 unspecified atom stereocenters. The summed E-state index contributed by atoms with van der Waals surface area (Å²) in [6.45, 7) is 2.69. The molecule has 0 spiro atoms. The number of nitrogens with two attached hydrogens (primary N) is 1. The smallest absolute Gasteiger partial charge is 0.238 e. The Hall–Kier alpha value is -0.750. The number of carbonyl (C=O) groups excluding carboxylic acids is 2. The van der Waals surface area contributed by atoms with Gasteiger partial charge in [-0.25, -0.2) is 0 Å². The Labute approximate surface area is 118 Å². The maximum absolute atomic E-state index is 11.8. The van der Waals surface area contributed by atoms with Crippen LogP contribution in [-0.4, -0.2) is 41.4 Å². The van der Waals surface area contributed by atoms with Gasteiger partial charge in [-0.3, -0.25) is 9.59 Å². The van der Waals surface area contributed by atoms with E-state index in [0.717, 1.165) is 25.7 Å². The summed E-state index contributed by atoms with van der Waals surface area (Å²) < 4.78 is 0. The third kappa shape index (κ3) is 3.86. The maximum Gasteiger partial charge on any atom is 0.238 e. The van der Waals surface area contributed by atoms with Crippen molar-refractivity contribution in [1.29, 1.82) is 0 Å². The van der Waals surface area contributed by atoms with Crippen molar-refractivity contribution in [3.8, 4) is 0 Å². The van der Waals surface area contributed by atoms with Crippen molar-refractivity contribution >= 4 is 23.6 Å². The average molecular weight is 285 g/mol. The standard InChI is InChI=1S/C13H23N3O2S/c1-2-15-13(12(14)18,9-3-4-9)8-19-7-11(17)16-10-5-6-10/h9-10,15H,2-8H2,1H3,(H2,14,18)(H,16,17). The van der Waals surface area contributed by atoms with E-state index in [4.69, 9.17) is 5.73 Å². The average Bonchev–Trinajstić information content (AvgIpc) is 3.20. The van der Waals surface area contributed by atoms with Gasteiger partial charge in [0, 0.05) is 11.8 Å². The van der Waals surface area contributed by atoms with Gasteiger partial charge in [-0.2, -0.15) is 0 Å². The number of carbonyl (C=O) groups is 2. The minimum Gasteiger partial charge on any atom is -0.368 e. The molecule has 19 heavy (non-hydrogen) atoms. The molecule has 2 rings (SSSR count). The van der Waals surface area contributed by atoms with Crippen LogP contribution in [0.1, 0.15) is 32.6 Å². The SMILES string of the molecule is CCNC(CSCC(=O)NC1CC1)(C(N)=O)C1CC1. The van der Waals surface area contributed by atoms with Crippen LogP contribution in [-0.2, 0) is 9.59 Å². The minimum absolute atomic E-state index is 0.0677. The van der Waals surface area contributed by atoms with Gasteiger partial charge in [0.25, 0.3) is 0 Å². The summed E-state index contributed by atoms with van der Waals surface area (Å²) in [5.74, 6) is 1.11. The van der Waals surface area contributed by atoms with Crippen LogP contribution in [0.25, 0.3) is 0 Å². The first-order valence-electron chi connectivity index (χ1n) is 7.00. The summed E-state index contributed by atoms with van der Waals surface area (Å²) in [6, 6.07) is 0.395. The van der Waals surface area contributed by atoms with E-state index in [1.165, 1.54) is 11.8 Å². The molecule has 2 fully saturated rings. The lowest BCUT2D eigenvalue weighted by atomic mass is 9.94. The molecular weight excluding hydrogens is 262 g/mol. The molecular formula is C13H23N3O2S. The van der Waals surface area contributed by atoms with Gasteiger partial charge < -0.3 is 16.4 Å². The Morgan fingerprint density at radius 1 is 1.32 bits per heavy atom. The predicted molar refractivity (Wildman–Crippen MR) is 76.8 cm³/mol. The van der Waals surface area contributed by atoms with E-state index in [0.29, 0.717) is 30.0 Å². The van der Waals surface area contributed by atoms with Crippen molar-refractivity contribution in [2.75, 3.05) is 18.1 Å². The van der Waals surface area contributed by atoms with Gasteiger partial charge in [0.1, 0.15) is 5.54 Å². The van der Waals surface area contributed by atoms with Crippen molar-refractivity contribution < 1.29 is 9.59 Å². The number of amides is 2. The first-order chi connectivity index (χ1) is 9.08. The number of nitrogens with one attached hydrogen (secondary N) is 2. The van der Waals surface area contributed by atoms with Crippen molar-refractivity contribution in [3.05, 3.63) is 0 Å². The quantitative estimate of drug-likeness (QED) is 0.567. The van der Waals surface area contributed by atoms with Crippen LogP contribution < -0.4 is 16.4 Å². The fraction of sp³-hybridized carbons (Fsp3) is 0.846. The van der Waals surface area contributed by atoms with Crippen LogP contribution in [0.3, 0.4) is 0 Å². The third-order valence-electron chi connectivity index (χ3n) is 3.71. The van der Waals surface area contributed by atoms with Crippen LogP contribution in [0.4, 0.5) is 0 Å². The van der Waals surface area contributed by atoms with Crippen LogP contribution >= 0.6 is 11.8 Å². The number of hydrogen-bond donors (Lipinski definition) is 3. The van der Waals surface area contributed by atoms with Gasteiger partial charge in [-0.1, -0.05) is 6.92 Å². The number of thioether (sulfide) groups is 1. The van der Waals surface area contributed by atoms with E-state index in [9.17, 15) is 9.59 Å². The summed E-state index contributed by atoms with van der Waals surface area (Å²) in [6.07, 6.45) is 4.29. The Bertz CT molecular complexity index is 356. The molecule has 108 valence electrons. The third-order valence-corrected chi connectivity index (χ3v) is 4.84. The lowest BCUT2D eigenvalue weighted by Gasteiger charge is -2.31. The second kappa shape index (κ2) is 6.13. The molecule has 0 aromatic carbocycles. The summed E-state index contributed by atoms with van der Waals surface area (Å²) >= 11 is 1.50. The Kier molecular flexibility index (Phi) is 4.73. The molecule has 0 radical (unpaired) electrons. The predicted octanol–water partition coefficient (Wildman–Crippen LogP) is 0.242. The second-order valence-corrected chi connectivity index (χ2v) is 6.46. The van der Waals surface area contributed by atoms with E-state index >= 15 is 0 Å². The Balaban J connectivity index is 1.81. The highest BCUT2D eigenvalue weighted by atomic mass is 32.2. The fourth-order valence-electron chi connectivity index (χ4n) is 2.37. The molecule has 0 aromatic rings. The fourth-order valence-corrected chi connectivity index (χ4v) is 3.54. The highest BCUT2D eigenvalue weighted by Crippen LogP contribution is 2.41. The highest BCUT2D eigenvalue weighted by molar-refractivity contribution is 8.00. The lowest BCUT2D eigenvalue weighted by Crippen LogP contribution is -2.59. The zero-order valence-electron chi connectivity index (χ0n) is 11.4. The number of rotatable bonds is 9. The molecule has 2 aliphatic carbocycles. The second-order valence-electron chi connectivity index (χ2n) is 5.47. The molecule has 1 atom stereocenters. The summed E-state index contributed by atoms with van der Waals surface area (Å²) in [5, 5.41) is 6.21. The van der Waals surface area contributed by atoms with Gasteiger partial charge >= 0.3 is 0 Å². The molecule has 2 saturated carbocycles. The maximum atomic E-state index is 11.8. The zero-order chi connectivity index (χ0) is 13.9. The van der Waals surface area contributed by atoms with E-state index < -0.39 is 5.54 Å². The van der Waals surface area contributed by atoms with Gasteiger partial charge in [-0.05, 0) is 38.1 Å². The van der Waals surface area contributed by atoms with Gasteiger partial charge in [-0.15, -0.1) is 11.8 Å². The highest BCUT2D eigenvalue weighted by Gasteiger charge is 2.49.